The molecule has 0 amide bonds. The van der Waals surface area contributed by atoms with Crippen LogP contribution in [0.25, 0.3) is 10.2 Å². The van der Waals surface area contributed by atoms with Crippen molar-refractivity contribution < 1.29 is 14.3 Å². The third kappa shape index (κ3) is 3.62. The Bertz CT molecular complexity index is 982. The summed E-state index contributed by atoms with van der Waals surface area (Å²) in [4.78, 5) is 22.6. The van der Waals surface area contributed by atoms with Gasteiger partial charge in [-0.15, -0.1) is 11.3 Å². The zero-order valence-electron chi connectivity index (χ0n) is 15.3. The third-order valence-corrected chi connectivity index (χ3v) is 5.47. The van der Waals surface area contributed by atoms with Gasteiger partial charge in [0.1, 0.15) is 16.4 Å². The highest BCUT2D eigenvalue weighted by atomic mass is 32.1. The van der Waals surface area contributed by atoms with Gasteiger partial charge in [0, 0.05) is 4.88 Å². The van der Waals surface area contributed by atoms with E-state index in [9.17, 15) is 4.79 Å². The zero-order valence-corrected chi connectivity index (χ0v) is 16.1. The summed E-state index contributed by atoms with van der Waals surface area (Å²) in [7, 11) is 0. The number of carbonyl (C=O) groups is 1. The fourth-order valence-corrected chi connectivity index (χ4v) is 3.65. The molecule has 0 saturated carbocycles. The van der Waals surface area contributed by atoms with Crippen LogP contribution in [-0.2, 0) is 16.1 Å². The summed E-state index contributed by atoms with van der Waals surface area (Å²) in [5.41, 5.74) is 9.24. The van der Waals surface area contributed by atoms with Crippen molar-refractivity contribution in [2.45, 2.75) is 34.3 Å². The number of rotatable bonds is 5. The molecule has 2 aromatic heterocycles. The number of nitrogens with zero attached hydrogens (tertiary/aromatic N) is 2. The molecule has 136 valence electrons. The summed E-state index contributed by atoms with van der Waals surface area (Å²) in [5, 5.41) is 0.876. The number of fused-ring (bicyclic) bond motifs is 1. The van der Waals surface area contributed by atoms with Crippen molar-refractivity contribution in [3.05, 3.63) is 45.6 Å². The number of hydrogen-bond donors (Lipinski definition) is 1. The Balaban J connectivity index is 1.62. The summed E-state index contributed by atoms with van der Waals surface area (Å²) in [5.74, 6) is 0.992. The van der Waals surface area contributed by atoms with Gasteiger partial charge < -0.3 is 15.2 Å². The van der Waals surface area contributed by atoms with Crippen molar-refractivity contribution in [3.63, 3.8) is 0 Å². The maximum absolute atomic E-state index is 12.0. The van der Waals surface area contributed by atoms with Crippen molar-refractivity contribution >= 4 is 33.3 Å². The van der Waals surface area contributed by atoms with Crippen LogP contribution < -0.4 is 10.5 Å². The minimum Gasteiger partial charge on any atom is -0.482 e. The number of aromatic nitrogens is 2. The summed E-state index contributed by atoms with van der Waals surface area (Å²) < 4.78 is 10.8. The van der Waals surface area contributed by atoms with E-state index in [0.717, 1.165) is 31.8 Å². The van der Waals surface area contributed by atoms with Gasteiger partial charge >= 0.3 is 5.97 Å². The van der Waals surface area contributed by atoms with Gasteiger partial charge in [-0.2, -0.15) is 0 Å². The Hall–Kier alpha value is -2.67. The fraction of sp³-hybridized carbons (Fsp3) is 0.316. The summed E-state index contributed by atoms with van der Waals surface area (Å²) in [6.45, 7) is 7.76. The molecule has 3 aromatic rings. The van der Waals surface area contributed by atoms with Crippen LogP contribution in [0.5, 0.6) is 5.75 Å². The topological polar surface area (TPSA) is 87.3 Å². The highest BCUT2D eigenvalue weighted by Crippen LogP contribution is 2.31. The Labute approximate surface area is 156 Å². The van der Waals surface area contributed by atoms with Gasteiger partial charge in [-0.05, 0) is 50.5 Å². The van der Waals surface area contributed by atoms with E-state index in [1.807, 2.05) is 45.9 Å². The van der Waals surface area contributed by atoms with Gasteiger partial charge in [0.05, 0.1) is 5.39 Å². The largest absolute Gasteiger partial charge is 0.482 e. The average Bonchev–Trinajstić information content (AvgIpc) is 2.89. The lowest BCUT2D eigenvalue weighted by molar-refractivity contribution is -0.147. The number of hydrogen-bond acceptors (Lipinski definition) is 7. The molecule has 0 atom stereocenters. The molecule has 1 aromatic carbocycles. The van der Waals surface area contributed by atoms with E-state index in [2.05, 4.69) is 9.97 Å². The summed E-state index contributed by atoms with van der Waals surface area (Å²) in [6, 6.07) is 5.71. The Morgan fingerprint density at radius 1 is 1.15 bits per heavy atom. The van der Waals surface area contributed by atoms with Crippen LogP contribution in [0, 0.1) is 27.7 Å². The molecule has 0 radical (unpaired) electrons. The molecule has 0 saturated heterocycles. The van der Waals surface area contributed by atoms with E-state index in [0.29, 0.717) is 17.4 Å². The van der Waals surface area contributed by atoms with Crippen molar-refractivity contribution in [3.8, 4) is 5.75 Å². The number of carbonyl (C=O) groups excluding carboxylic acids is 1. The number of ether oxygens (including phenoxy) is 2. The minimum atomic E-state index is -0.480. The van der Waals surface area contributed by atoms with Crippen molar-refractivity contribution in [1.29, 1.82) is 0 Å². The van der Waals surface area contributed by atoms with Crippen LogP contribution in [-0.4, -0.2) is 22.5 Å². The molecule has 0 unspecified atom stereocenters. The first-order chi connectivity index (χ1) is 12.4. The Morgan fingerprint density at radius 2 is 1.92 bits per heavy atom. The fourth-order valence-electron chi connectivity index (χ4n) is 2.60. The standard InChI is InChI=1S/C19H21N3O3S/c1-10-6-5-7-14(11(10)2)24-9-16(23)25-8-15-21-18(20)17-12(3)13(4)26-19(17)22-15/h5-7H,8-9H2,1-4H3,(H2,20,21,22). The van der Waals surface area contributed by atoms with E-state index >= 15 is 0 Å². The van der Waals surface area contributed by atoms with Gasteiger partial charge in [0.25, 0.3) is 0 Å². The number of nitrogens with two attached hydrogens (primary N) is 1. The number of thiophene rings is 1. The molecule has 2 heterocycles. The first kappa shape index (κ1) is 18.1. The van der Waals surface area contributed by atoms with E-state index < -0.39 is 5.97 Å². The van der Waals surface area contributed by atoms with E-state index in [1.165, 1.54) is 0 Å². The lowest BCUT2D eigenvalue weighted by atomic mass is 10.1. The van der Waals surface area contributed by atoms with Crippen molar-refractivity contribution in [2.75, 3.05) is 12.3 Å². The molecule has 0 bridgehead atoms. The molecule has 26 heavy (non-hydrogen) atoms. The second kappa shape index (κ2) is 7.29. The minimum absolute atomic E-state index is 0.0366. The van der Waals surface area contributed by atoms with Crippen molar-refractivity contribution in [2.24, 2.45) is 0 Å². The number of aryl methyl sites for hydroxylation is 3. The van der Waals surface area contributed by atoms with Crippen LogP contribution in [0.2, 0.25) is 0 Å². The average molecular weight is 371 g/mol. The van der Waals surface area contributed by atoms with Crippen LogP contribution >= 0.6 is 11.3 Å². The maximum Gasteiger partial charge on any atom is 0.344 e. The third-order valence-electron chi connectivity index (χ3n) is 4.37. The maximum atomic E-state index is 12.0. The predicted octanol–water partition coefficient (Wildman–Crippen LogP) is 3.63. The Kier molecular flexibility index (Phi) is 5.08. The van der Waals surface area contributed by atoms with Gasteiger partial charge in [0.2, 0.25) is 0 Å². The molecular weight excluding hydrogens is 350 g/mol. The zero-order chi connectivity index (χ0) is 18.8. The molecule has 0 fully saturated rings. The number of anilines is 1. The van der Waals surface area contributed by atoms with Crippen LogP contribution in [0.4, 0.5) is 5.82 Å². The van der Waals surface area contributed by atoms with Crippen LogP contribution in [0.3, 0.4) is 0 Å². The second-order valence-corrected chi connectivity index (χ2v) is 7.34. The smallest absolute Gasteiger partial charge is 0.344 e. The first-order valence-electron chi connectivity index (χ1n) is 8.23. The number of benzene rings is 1. The summed E-state index contributed by atoms with van der Waals surface area (Å²) in [6.07, 6.45) is 0. The molecule has 7 heteroatoms. The monoisotopic (exact) mass is 371 g/mol. The van der Waals surface area contributed by atoms with Crippen LogP contribution in [0.1, 0.15) is 27.4 Å². The molecule has 6 nitrogen and oxygen atoms in total. The number of esters is 1. The van der Waals surface area contributed by atoms with E-state index in [1.54, 1.807) is 11.3 Å². The highest BCUT2D eigenvalue weighted by Gasteiger charge is 2.14. The summed E-state index contributed by atoms with van der Waals surface area (Å²) >= 11 is 1.56. The van der Waals surface area contributed by atoms with Crippen LogP contribution in [0.15, 0.2) is 18.2 Å². The van der Waals surface area contributed by atoms with Gasteiger partial charge in [-0.25, -0.2) is 14.8 Å². The first-order valence-corrected chi connectivity index (χ1v) is 9.05. The molecule has 0 aliphatic heterocycles. The molecular formula is C19H21N3O3S. The van der Waals surface area contributed by atoms with Gasteiger partial charge in [-0.1, -0.05) is 12.1 Å². The normalized spacial score (nSPS) is 10.9. The highest BCUT2D eigenvalue weighted by molar-refractivity contribution is 7.18. The molecule has 0 aliphatic rings. The van der Waals surface area contributed by atoms with Gasteiger partial charge in [0.15, 0.2) is 19.0 Å². The SMILES string of the molecule is Cc1cccc(OCC(=O)OCc2nc(N)c3c(C)c(C)sc3n2)c1C. The predicted molar refractivity (Wildman–Crippen MR) is 103 cm³/mol. The molecule has 3 rings (SSSR count). The van der Waals surface area contributed by atoms with E-state index in [4.69, 9.17) is 15.2 Å². The quantitative estimate of drug-likeness (QED) is 0.689. The molecule has 0 aliphatic carbocycles. The molecule has 2 N–H and O–H groups in total. The van der Waals surface area contributed by atoms with E-state index in [-0.39, 0.29) is 13.2 Å². The van der Waals surface area contributed by atoms with Crippen molar-refractivity contribution in [1.82, 2.24) is 9.97 Å². The Morgan fingerprint density at radius 3 is 2.69 bits per heavy atom. The molecule has 0 spiro atoms. The van der Waals surface area contributed by atoms with Gasteiger partial charge in [-0.3, -0.25) is 0 Å². The lowest BCUT2D eigenvalue weighted by Gasteiger charge is -2.10. The lowest BCUT2D eigenvalue weighted by Crippen LogP contribution is -2.16. The number of nitrogen functional groups attached to an aromatic ring is 1. The second-order valence-electron chi connectivity index (χ2n) is 6.14.